The zero-order valence-corrected chi connectivity index (χ0v) is 21.0. The van der Waals surface area contributed by atoms with Gasteiger partial charge in [0.15, 0.2) is 0 Å². The van der Waals surface area contributed by atoms with Crippen LogP contribution >= 0.6 is 0 Å². The number of aromatic nitrogens is 4. The average Bonchev–Trinajstić information content (AvgIpc) is 3.32. The van der Waals surface area contributed by atoms with Gasteiger partial charge in [0.1, 0.15) is 11.7 Å². The molecule has 1 saturated heterocycles. The van der Waals surface area contributed by atoms with Gasteiger partial charge in [-0.25, -0.2) is 15.0 Å². The fourth-order valence-electron chi connectivity index (χ4n) is 5.57. The third-order valence-electron chi connectivity index (χ3n) is 7.88. The van der Waals surface area contributed by atoms with Crippen LogP contribution in [0.1, 0.15) is 43.7 Å². The molecule has 0 unspecified atom stereocenters. The van der Waals surface area contributed by atoms with Gasteiger partial charge in [-0.2, -0.15) is 18.4 Å². The Kier molecular flexibility index (Phi) is 7.05. The van der Waals surface area contributed by atoms with Crippen LogP contribution in [0.2, 0.25) is 0 Å². The maximum atomic E-state index is 13.3. The van der Waals surface area contributed by atoms with Crippen LogP contribution in [0.15, 0.2) is 24.7 Å². The Hall–Kier alpha value is -3.23. The van der Waals surface area contributed by atoms with Crippen molar-refractivity contribution in [3.05, 3.63) is 35.8 Å². The minimum Gasteiger partial charge on any atom is -0.351 e. The fourth-order valence-corrected chi connectivity index (χ4v) is 5.57. The van der Waals surface area contributed by atoms with E-state index in [0.717, 1.165) is 51.3 Å². The molecule has 0 spiro atoms. The molecule has 0 amide bonds. The van der Waals surface area contributed by atoms with Gasteiger partial charge in [-0.3, -0.25) is 4.90 Å². The molecular formula is C26H31F3N8. The lowest BCUT2D eigenvalue weighted by molar-refractivity contribution is -0.137. The number of nitrogens with one attached hydrogen (secondary N) is 2. The van der Waals surface area contributed by atoms with Crippen molar-refractivity contribution >= 4 is 17.0 Å². The molecule has 3 aromatic rings. The van der Waals surface area contributed by atoms with E-state index in [1.807, 2.05) is 0 Å². The normalized spacial score (nSPS) is 22.6. The molecule has 5 rings (SSSR count). The number of nitriles is 1. The lowest BCUT2D eigenvalue weighted by atomic mass is 9.81. The molecule has 1 aliphatic carbocycles. The number of aromatic amines is 1. The summed E-state index contributed by atoms with van der Waals surface area (Å²) in [7, 11) is 2.17. The topological polar surface area (TPSA) is 96.8 Å². The van der Waals surface area contributed by atoms with Gasteiger partial charge >= 0.3 is 6.18 Å². The lowest BCUT2D eigenvalue weighted by Gasteiger charge is -2.42. The first-order valence-corrected chi connectivity index (χ1v) is 12.7. The summed E-state index contributed by atoms with van der Waals surface area (Å²) in [4.78, 5) is 20.7. The maximum absolute atomic E-state index is 13.3. The summed E-state index contributed by atoms with van der Waals surface area (Å²) in [5, 5.41) is 13.3. The minimum absolute atomic E-state index is 0.121. The third-order valence-corrected chi connectivity index (χ3v) is 7.88. The second-order valence-corrected chi connectivity index (χ2v) is 10.2. The van der Waals surface area contributed by atoms with Crippen LogP contribution in [0.5, 0.6) is 0 Å². The third kappa shape index (κ3) is 5.40. The van der Waals surface area contributed by atoms with E-state index in [1.54, 1.807) is 0 Å². The number of pyridine rings is 1. The van der Waals surface area contributed by atoms with Crippen molar-refractivity contribution in [3.63, 3.8) is 0 Å². The molecule has 1 saturated carbocycles. The van der Waals surface area contributed by atoms with E-state index in [-0.39, 0.29) is 22.7 Å². The molecule has 11 heteroatoms. The van der Waals surface area contributed by atoms with Crippen LogP contribution < -0.4 is 5.32 Å². The molecule has 37 heavy (non-hydrogen) atoms. The molecule has 2 N–H and O–H groups in total. The van der Waals surface area contributed by atoms with E-state index in [2.05, 4.69) is 55.1 Å². The monoisotopic (exact) mass is 512 g/mol. The summed E-state index contributed by atoms with van der Waals surface area (Å²) in [5.74, 6) is 0.829. The van der Waals surface area contributed by atoms with Crippen LogP contribution in [-0.4, -0.2) is 75.0 Å². The molecule has 0 radical (unpaired) electrons. The van der Waals surface area contributed by atoms with Gasteiger partial charge < -0.3 is 15.2 Å². The first-order chi connectivity index (χ1) is 17.7. The molecule has 196 valence electrons. The van der Waals surface area contributed by atoms with Crippen molar-refractivity contribution in [1.82, 2.24) is 29.7 Å². The molecule has 1 aliphatic heterocycles. The van der Waals surface area contributed by atoms with E-state index in [9.17, 15) is 18.4 Å². The van der Waals surface area contributed by atoms with Gasteiger partial charge in [-0.05, 0) is 51.6 Å². The molecule has 4 heterocycles. The molecular weight excluding hydrogens is 481 g/mol. The smallest absolute Gasteiger partial charge is 0.351 e. The summed E-state index contributed by atoms with van der Waals surface area (Å²) in [6.45, 7) is 6.64. The highest BCUT2D eigenvalue weighted by atomic mass is 19.4. The van der Waals surface area contributed by atoms with Crippen molar-refractivity contribution in [3.8, 4) is 17.3 Å². The molecule has 3 aromatic heterocycles. The number of hydrogen-bond acceptors (Lipinski definition) is 7. The van der Waals surface area contributed by atoms with Crippen LogP contribution in [0, 0.1) is 17.2 Å². The van der Waals surface area contributed by atoms with E-state index >= 15 is 0 Å². The van der Waals surface area contributed by atoms with Gasteiger partial charge in [-0.1, -0.05) is 0 Å². The quantitative estimate of drug-likeness (QED) is 0.519. The van der Waals surface area contributed by atoms with Crippen LogP contribution in [0.4, 0.5) is 19.1 Å². The number of halogens is 3. The van der Waals surface area contributed by atoms with Crippen LogP contribution in [0.25, 0.3) is 22.3 Å². The highest BCUT2D eigenvalue weighted by Gasteiger charge is 2.32. The minimum atomic E-state index is -4.52. The predicted molar refractivity (Wildman–Crippen MR) is 135 cm³/mol. The molecule has 8 nitrogen and oxygen atoms in total. The number of hydrogen-bond donors (Lipinski definition) is 2. The van der Waals surface area contributed by atoms with Crippen LogP contribution in [0.3, 0.4) is 0 Å². The Balaban J connectivity index is 1.31. The standard InChI is InChI=1S/C26H31F3N8/c1-16(17-3-5-20(6-4-17)37-9-7-36(2)8-10-37)34-25-33-13-18(12-30)23(35-25)22-15-32-24-21(22)11-19(14-31-24)26(27,28)29/h11,13-17,20H,3-10H2,1-2H3,(H,31,32)(H,33,34,35)/t16-,17-,20+/m1/s1. The number of rotatable bonds is 5. The molecule has 2 fully saturated rings. The molecule has 0 bridgehead atoms. The van der Waals surface area contributed by atoms with Gasteiger partial charge in [0.2, 0.25) is 5.95 Å². The molecule has 1 atom stereocenters. The summed E-state index contributed by atoms with van der Waals surface area (Å²) < 4.78 is 39.9. The number of alkyl halides is 3. The number of fused-ring (bicyclic) bond motifs is 1. The number of anilines is 1. The highest BCUT2D eigenvalue weighted by Crippen LogP contribution is 2.35. The Labute approximate surface area is 213 Å². The van der Waals surface area contributed by atoms with Gasteiger partial charge in [-0.15, -0.1) is 0 Å². The van der Waals surface area contributed by atoms with Crippen molar-refractivity contribution in [1.29, 1.82) is 5.26 Å². The van der Waals surface area contributed by atoms with Gasteiger partial charge in [0, 0.05) is 61.6 Å². The first-order valence-electron chi connectivity index (χ1n) is 12.7. The average molecular weight is 513 g/mol. The summed E-state index contributed by atoms with van der Waals surface area (Å²) in [6.07, 6.45) is 3.79. The summed E-state index contributed by atoms with van der Waals surface area (Å²) in [5.41, 5.74) is 0.288. The molecule has 2 aliphatic rings. The summed E-state index contributed by atoms with van der Waals surface area (Å²) >= 11 is 0. The van der Waals surface area contributed by atoms with E-state index < -0.39 is 11.7 Å². The number of nitrogens with zero attached hydrogens (tertiary/aromatic N) is 6. The SMILES string of the molecule is C[C@@H](Nc1ncc(C#N)c(-c2c[nH]c3ncc(C(F)(F)F)cc23)n1)[C@H]1CC[C@@H](N2CCN(C)CC2)CC1. The lowest BCUT2D eigenvalue weighted by Crippen LogP contribution is -2.50. The van der Waals surface area contributed by atoms with Crippen molar-refractivity contribution in [2.75, 3.05) is 38.5 Å². The zero-order valence-electron chi connectivity index (χ0n) is 21.0. The second kappa shape index (κ2) is 10.3. The summed E-state index contributed by atoms with van der Waals surface area (Å²) in [6, 6.07) is 3.86. The van der Waals surface area contributed by atoms with Gasteiger partial charge in [0.05, 0.1) is 23.0 Å². The Morgan fingerprint density at radius 3 is 2.51 bits per heavy atom. The van der Waals surface area contributed by atoms with Crippen molar-refractivity contribution < 1.29 is 13.2 Å². The number of H-pyrrole nitrogens is 1. The predicted octanol–water partition coefficient (Wildman–Crippen LogP) is 4.52. The zero-order chi connectivity index (χ0) is 26.2. The molecule has 0 aromatic carbocycles. The largest absolute Gasteiger partial charge is 0.417 e. The number of piperazine rings is 1. The highest BCUT2D eigenvalue weighted by molar-refractivity contribution is 5.94. The maximum Gasteiger partial charge on any atom is 0.417 e. The number of likely N-dealkylation sites (N-methyl/N-ethyl adjacent to an activating group) is 1. The Morgan fingerprint density at radius 1 is 1.11 bits per heavy atom. The van der Waals surface area contributed by atoms with E-state index in [4.69, 9.17) is 0 Å². The Morgan fingerprint density at radius 2 is 1.84 bits per heavy atom. The fraction of sp³-hybridized carbons (Fsp3) is 0.538. The first kappa shape index (κ1) is 25.4. The van der Waals surface area contributed by atoms with E-state index in [1.165, 1.54) is 25.2 Å². The Bertz CT molecular complexity index is 1280. The second-order valence-electron chi connectivity index (χ2n) is 10.2. The van der Waals surface area contributed by atoms with Crippen molar-refractivity contribution in [2.45, 2.75) is 50.9 Å². The van der Waals surface area contributed by atoms with Crippen LogP contribution in [-0.2, 0) is 6.18 Å². The van der Waals surface area contributed by atoms with Crippen molar-refractivity contribution in [2.24, 2.45) is 5.92 Å². The van der Waals surface area contributed by atoms with E-state index in [0.29, 0.717) is 29.1 Å². The van der Waals surface area contributed by atoms with Gasteiger partial charge in [0.25, 0.3) is 0 Å².